The molecular formula is C25H22ClN5O3S. The van der Waals surface area contributed by atoms with Gasteiger partial charge in [-0.3, -0.25) is 9.36 Å². The normalized spacial score (nSPS) is 10.9. The Morgan fingerprint density at radius 2 is 1.83 bits per heavy atom. The minimum Gasteiger partial charge on any atom is -0.497 e. The van der Waals surface area contributed by atoms with Crippen molar-refractivity contribution in [1.29, 1.82) is 0 Å². The van der Waals surface area contributed by atoms with E-state index in [1.165, 1.54) is 18.0 Å². The van der Waals surface area contributed by atoms with Gasteiger partial charge in [-0.25, -0.2) is 5.43 Å². The van der Waals surface area contributed by atoms with Gasteiger partial charge in [0.1, 0.15) is 11.5 Å². The summed E-state index contributed by atoms with van der Waals surface area (Å²) in [7, 11) is 3.14. The van der Waals surface area contributed by atoms with Crippen LogP contribution in [-0.2, 0) is 4.79 Å². The van der Waals surface area contributed by atoms with E-state index >= 15 is 0 Å². The quantitative estimate of drug-likeness (QED) is 0.198. The number of hydrazone groups is 1. The van der Waals surface area contributed by atoms with Gasteiger partial charge >= 0.3 is 0 Å². The summed E-state index contributed by atoms with van der Waals surface area (Å²) < 4.78 is 12.5. The van der Waals surface area contributed by atoms with E-state index in [-0.39, 0.29) is 11.7 Å². The van der Waals surface area contributed by atoms with Crippen molar-refractivity contribution in [2.24, 2.45) is 5.10 Å². The molecule has 0 fully saturated rings. The molecule has 0 atom stereocenters. The van der Waals surface area contributed by atoms with Gasteiger partial charge in [-0.1, -0.05) is 41.6 Å². The Morgan fingerprint density at radius 3 is 2.54 bits per heavy atom. The first-order valence-corrected chi connectivity index (χ1v) is 11.9. The Balaban J connectivity index is 1.48. The van der Waals surface area contributed by atoms with Crippen LogP contribution in [0, 0.1) is 0 Å². The molecule has 1 aromatic heterocycles. The predicted molar refractivity (Wildman–Crippen MR) is 138 cm³/mol. The van der Waals surface area contributed by atoms with Crippen molar-refractivity contribution in [2.45, 2.75) is 5.16 Å². The summed E-state index contributed by atoms with van der Waals surface area (Å²) in [6, 6.07) is 22.4. The molecule has 4 aromatic rings. The van der Waals surface area contributed by atoms with Crippen LogP contribution in [0.1, 0.15) is 5.56 Å². The summed E-state index contributed by atoms with van der Waals surface area (Å²) in [5.74, 6) is 1.73. The van der Waals surface area contributed by atoms with Crippen molar-refractivity contribution in [3.8, 4) is 28.6 Å². The first-order valence-electron chi connectivity index (χ1n) is 10.5. The molecule has 1 amide bonds. The SMILES string of the molecule is COc1ccc(OC)c(/C=N/NC(=O)CSc2nnc(-c3ccc(Cl)cc3)n2-c2ccccc2)c1. The van der Waals surface area contributed by atoms with E-state index in [4.69, 9.17) is 21.1 Å². The van der Waals surface area contributed by atoms with Crippen molar-refractivity contribution in [3.05, 3.63) is 83.4 Å². The van der Waals surface area contributed by atoms with Gasteiger partial charge in [0, 0.05) is 21.8 Å². The summed E-state index contributed by atoms with van der Waals surface area (Å²) in [6.45, 7) is 0. The fraction of sp³-hybridized carbons (Fsp3) is 0.120. The number of ether oxygens (including phenoxy) is 2. The lowest BCUT2D eigenvalue weighted by Crippen LogP contribution is -2.20. The molecule has 1 N–H and O–H groups in total. The fourth-order valence-corrected chi connectivity index (χ4v) is 4.11. The monoisotopic (exact) mass is 507 g/mol. The van der Waals surface area contributed by atoms with Crippen LogP contribution >= 0.6 is 23.4 Å². The number of halogens is 1. The number of nitrogens with one attached hydrogen (secondary N) is 1. The average molecular weight is 508 g/mol. The van der Waals surface area contributed by atoms with Crippen LogP contribution in [0.5, 0.6) is 11.5 Å². The van der Waals surface area contributed by atoms with Gasteiger partial charge in [0.25, 0.3) is 5.91 Å². The number of hydrogen-bond donors (Lipinski definition) is 1. The van der Waals surface area contributed by atoms with Gasteiger partial charge in [-0.05, 0) is 54.6 Å². The van der Waals surface area contributed by atoms with Gasteiger partial charge in [-0.15, -0.1) is 10.2 Å². The second-order valence-electron chi connectivity index (χ2n) is 7.17. The Morgan fingerprint density at radius 1 is 1.06 bits per heavy atom. The third-order valence-corrected chi connectivity index (χ3v) is 6.09. The van der Waals surface area contributed by atoms with E-state index < -0.39 is 0 Å². The molecule has 178 valence electrons. The molecule has 0 aliphatic carbocycles. The molecule has 0 radical (unpaired) electrons. The maximum atomic E-state index is 12.5. The second kappa shape index (κ2) is 11.5. The minimum absolute atomic E-state index is 0.0954. The van der Waals surface area contributed by atoms with E-state index in [1.807, 2.05) is 47.0 Å². The number of para-hydroxylation sites is 1. The van der Waals surface area contributed by atoms with E-state index in [0.29, 0.717) is 33.1 Å². The smallest absolute Gasteiger partial charge is 0.250 e. The Bertz CT molecular complexity index is 1330. The zero-order chi connectivity index (χ0) is 24.6. The number of hydrogen-bond acceptors (Lipinski definition) is 7. The third kappa shape index (κ3) is 6.00. The van der Waals surface area contributed by atoms with Crippen LogP contribution in [0.15, 0.2) is 83.1 Å². The molecule has 0 unspecified atom stereocenters. The van der Waals surface area contributed by atoms with Gasteiger partial charge in [0.2, 0.25) is 0 Å². The molecule has 0 aliphatic rings. The molecule has 35 heavy (non-hydrogen) atoms. The zero-order valence-corrected chi connectivity index (χ0v) is 20.6. The lowest BCUT2D eigenvalue weighted by atomic mass is 10.2. The van der Waals surface area contributed by atoms with Crippen molar-refractivity contribution in [1.82, 2.24) is 20.2 Å². The molecule has 8 nitrogen and oxygen atoms in total. The number of benzene rings is 3. The van der Waals surface area contributed by atoms with Crippen LogP contribution in [0.25, 0.3) is 17.1 Å². The van der Waals surface area contributed by atoms with E-state index in [2.05, 4.69) is 20.7 Å². The molecule has 0 aliphatic heterocycles. The largest absolute Gasteiger partial charge is 0.497 e. The Hall–Kier alpha value is -3.82. The van der Waals surface area contributed by atoms with Gasteiger partial charge in [0.15, 0.2) is 11.0 Å². The summed E-state index contributed by atoms with van der Waals surface area (Å²) >= 11 is 7.30. The van der Waals surface area contributed by atoms with Crippen molar-refractivity contribution in [2.75, 3.05) is 20.0 Å². The number of rotatable bonds is 9. The third-order valence-electron chi connectivity index (χ3n) is 4.91. The number of aromatic nitrogens is 3. The predicted octanol–water partition coefficient (Wildman–Crippen LogP) is 4.85. The summed E-state index contributed by atoms with van der Waals surface area (Å²) in [5.41, 5.74) is 4.96. The van der Waals surface area contributed by atoms with Gasteiger partial charge < -0.3 is 9.47 Å². The van der Waals surface area contributed by atoms with E-state index in [9.17, 15) is 4.79 Å². The van der Waals surface area contributed by atoms with Crippen LogP contribution < -0.4 is 14.9 Å². The minimum atomic E-state index is -0.288. The molecule has 3 aromatic carbocycles. The van der Waals surface area contributed by atoms with Crippen molar-refractivity contribution < 1.29 is 14.3 Å². The number of carbonyl (C=O) groups is 1. The highest BCUT2D eigenvalue weighted by molar-refractivity contribution is 7.99. The van der Waals surface area contributed by atoms with Crippen molar-refractivity contribution >= 4 is 35.5 Å². The molecule has 0 spiro atoms. The number of carbonyl (C=O) groups excluding carboxylic acids is 1. The highest BCUT2D eigenvalue weighted by Gasteiger charge is 2.17. The maximum absolute atomic E-state index is 12.5. The van der Waals surface area contributed by atoms with Gasteiger partial charge in [-0.2, -0.15) is 5.10 Å². The highest BCUT2D eigenvalue weighted by atomic mass is 35.5. The average Bonchev–Trinajstić information content (AvgIpc) is 3.32. The molecule has 1 heterocycles. The number of thioether (sulfide) groups is 1. The second-order valence-corrected chi connectivity index (χ2v) is 8.55. The maximum Gasteiger partial charge on any atom is 0.250 e. The first-order chi connectivity index (χ1) is 17.1. The number of amides is 1. The molecule has 4 rings (SSSR count). The number of methoxy groups -OCH3 is 2. The molecule has 0 bridgehead atoms. The van der Waals surface area contributed by atoms with E-state index in [0.717, 1.165) is 11.3 Å². The highest BCUT2D eigenvalue weighted by Crippen LogP contribution is 2.28. The zero-order valence-electron chi connectivity index (χ0n) is 19.0. The molecular weight excluding hydrogens is 486 g/mol. The molecule has 0 saturated heterocycles. The fourth-order valence-electron chi connectivity index (χ4n) is 3.24. The van der Waals surface area contributed by atoms with Crippen LogP contribution in [0.4, 0.5) is 0 Å². The van der Waals surface area contributed by atoms with Crippen LogP contribution in [0.3, 0.4) is 0 Å². The molecule has 0 saturated carbocycles. The lowest BCUT2D eigenvalue weighted by molar-refractivity contribution is -0.118. The summed E-state index contributed by atoms with van der Waals surface area (Å²) in [6.07, 6.45) is 1.51. The lowest BCUT2D eigenvalue weighted by Gasteiger charge is -2.10. The summed E-state index contributed by atoms with van der Waals surface area (Å²) in [4.78, 5) is 12.5. The van der Waals surface area contributed by atoms with E-state index in [1.54, 1.807) is 44.6 Å². The Kier molecular flexibility index (Phi) is 8.02. The van der Waals surface area contributed by atoms with Gasteiger partial charge in [0.05, 0.1) is 26.2 Å². The van der Waals surface area contributed by atoms with Crippen LogP contribution in [0.2, 0.25) is 5.02 Å². The number of nitrogens with zero attached hydrogens (tertiary/aromatic N) is 4. The topological polar surface area (TPSA) is 90.6 Å². The first kappa shape index (κ1) is 24.3. The Labute approximate surface area is 211 Å². The van der Waals surface area contributed by atoms with Crippen molar-refractivity contribution in [3.63, 3.8) is 0 Å². The van der Waals surface area contributed by atoms with Crippen LogP contribution in [-0.4, -0.2) is 46.9 Å². The summed E-state index contributed by atoms with van der Waals surface area (Å²) in [5, 5.41) is 14.0. The molecule has 10 heteroatoms. The standard InChI is InChI=1S/C25H22ClN5O3S/c1-33-21-12-13-22(34-2)18(14-21)15-27-28-23(32)16-35-25-30-29-24(17-8-10-19(26)11-9-17)31(25)20-6-4-3-5-7-20/h3-15H,16H2,1-2H3,(H,28,32)/b27-15+.